The molecule has 0 atom stereocenters. The average Bonchev–Trinajstić information content (AvgIpc) is 2.42. The SMILES string of the molecule is COc1ccccc1NC(N)=NCCCOCC(F)(F)F. The van der Waals surface area contributed by atoms with Crippen molar-refractivity contribution in [2.45, 2.75) is 12.6 Å². The Morgan fingerprint density at radius 3 is 2.71 bits per heavy atom. The van der Waals surface area contributed by atoms with Crippen LogP contribution >= 0.6 is 0 Å². The van der Waals surface area contributed by atoms with E-state index in [0.29, 0.717) is 17.9 Å². The van der Waals surface area contributed by atoms with E-state index in [4.69, 9.17) is 10.5 Å². The number of hydrogen-bond donors (Lipinski definition) is 2. The second kappa shape index (κ2) is 8.35. The molecule has 8 heteroatoms. The first kappa shape index (κ1) is 17.1. The summed E-state index contributed by atoms with van der Waals surface area (Å²) in [4.78, 5) is 4.00. The minimum Gasteiger partial charge on any atom is -0.495 e. The number of nitrogens with one attached hydrogen (secondary N) is 1. The van der Waals surface area contributed by atoms with Crippen molar-refractivity contribution in [2.24, 2.45) is 10.7 Å². The maximum absolute atomic E-state index is 11.8. The number of nitrogens with two attached hydrogens (primary N) is 1. The van der Waals surface area contributed by atoms with Gasteiger partial charge in [-0.3, -0.25) is 4.99 Å². The number of para-hydroxylation sites is 2. The van der Waals surface area contributed by atoms with Crippen LogP contribution in [0.4, 0.5) is 18.9 Å². The molecule has 0 aromatic heterocycles. The van der Waals surface area contributed by atoms with E-state index in [1.54, 1.807) is 12.1 Å². The number of ether oxygens (including phenoxy) is 2. The van der Waals surface area contributed by atoms with Gasteiger partial charge in [-0.1, -0.05) is 12.1 Å². The van der Waals surface area contributed by atoms with Gasteiger partial charge in [-0.05, 0) is 18.6 Å². The molecule has 0 radical (unpaired) electrons. The van der Waals surface area contributed by atoms with E-state index in [9.17, 15) is 13.2 Å². The molecule has 0 saturated heterocycles. The lowest BCUT2D eigenvalue weighted by Crippen LogP contribution is -2.23. The van der Waals surface area contributed by atoms with Crippen LogP contribution in [0, 0.1) is 0 Å². The van der Waals surface area contributed by atoms with Crippen molar-refractivity contribution in [2.75, 3.05) is 32.2 Å². The summed E-state index contributed by atoms with van der Waals surface area (Å²) in [6.07, 6.45) is -3.95. The minimum atomic E-state index is -4.30. The first-order valence-corrected chi connectivity index (χ1v) is 6.27. The Balaban J connectivity index is 2.30. The van der Waals surface area contributed by atoms with Gasteiger partial charge in [-0.2, -0.15) is 13.2 Å². The molecule has 5 nitrogen and oxygen atoms in total. The Hall–Kier alpha value is -1.96. The number of aliphatic imine (C=N–C) groups is 1. The van der Waals surface area contributed by atoms with Crippen molar-refractivity contribution in [3.63, 3.8) is 0 Å². The smallest absolute Gasteiger partial charge is 0.411 e. The third-order valence-corrected chi connectivity index (χ3v) is 2.36. The van der Waals surface area contributed by atoms with E-state index in [2.05, 4.69) is 15.0 Å². The third-order valence-electron chi connectivity index (χ3n) is 2.36. The van der Waals surface area contributed by atoms with Crippen LogP contribution in [0.3, 0.4) is 0 Å². The molecule has 0 heterocycles. The number of anilines is 1. The maximum atomic E-state index is 11.8. The fraction of sp³-hybridized carbons (Fsp3) is 0.462. The highest BCUT2D eigenvalue weighted by Crippen LogP contribution is 2.22. The van der Waals surface area contributed by atoms with Crippen LogP contribution in [0.25, 0.3) is 0 Å². The second-order valence-electron chi connectivity index (χ2n) is 4.11. The van der Waals surface area contributed by atoms with Gasteiger partial charge in [0.1, 0.15) is 12.4 Å². The fourth-order valence-corrected chi connectivity index (χ4v) is 1.48. The molecule has 0 amide bonds. The maximum Gasteiger partial charge on any atom is 0.411 e. The third kappa shape index (κ3) is 7.40. The van der Waals surface area contributed by atoms with Crippen LogP contribution in [0.5, 0.6) is 5.75 Å². The highest BCUT2D eigenvalue weighted by molar-refractivity contribution is 5.93. The standard InChI is InChI=1S/C13H18F3N3O2/c1-20-11-6-3-2-5-10(11)19-12(17)18-7-4-8-21-9-13(14,15)16/h2-3,5-6H,4,7-9H2,1H3,(H3,17,18,19). The zero-order valence-corrected chi connectivity index (χ0v) is 11.6. The van der Waals surface area contributed by atoms with Gasteiger partial charge in [0.05, 0.1) is 12.8 Å². The average molecular weight is 305 g/mol. The van der Waals surface area contributed by atoms with Crippen molar-refractivity contribution in [1.29, 1.82) is 0 Å². The van der Waals surface area contributed by atoms with Gasteiger partial charge in [0, 0.05) is 13.2 Å². The molecule has 21 heavy (non-hydrogen) atoms. The summed E-state index contributed by atoms with van der Waals surface area (Å²) in [6, 6.07) is 7.16. The summed E-state index contributed by atoms with van der Waals surface area (Å²) >= 11 is 0. The molecule has 0 saturated carbocycles. The number of alkyl halides is 3. The molecule has 0 bridgehead atoms. The lowest BCUT2D eigenvalue weighted by atomic mass is 10.3. The number of methoxy groups -OCH3 is 1. The Bertz CT molecular complexity index is 464. The monoisotopic (exact) mass is 305 g/mol. The van der Waals surface area contributed by atoms with Crippen molar-refractivity contribution in [1.82, 2.24) is 0 Å². The van der Waals surface area contributed by atoms with Crippen LogP contribution in [0.2, 0.25) is 0 Å². The van der Waals surface area contributed by atoms with Crippen molar-refractivity contribution in [3.8, 4) is 5.75 Å². The summed E-state index contributed by atoms with van der Waals surface area (Å²) in [5.74, 6) is 0.777. The van der Waals surface area contributed by atoms with E-state index < -0.39 is 12.8 Å². The second-order valence-corrected chi connectivity index (χ2v) is 4.11. The number of guanidine groups is 1. The van der Waals surface area contributed by atoms with Crippen LogP contribution in [0.1, 0.15) is 6.42 Å². The normalized spacial score (nSPS) is 12.3. The van der Waals surface area contributed by atoms with Gasteiger partial charge in [-0.15, -0.1) is 0 Å². The van der Waals surface area contributed by atoms with E-state index in [-0.39, 0.29) is 19.1 Å². The highest BCUT2D eigenvalue weighted by atomic mass is 19.4. The zero-order valence-electron chi connectivity index (χ0n) is 11.6. The van der Waals surface area contributed by atoms with Gasteiger partial charge in [0.15, 0.2) is 5.96 Å². The van der Waals surface area contributed by atoms with Crippen LogP contribution in [-0.4, -0.2) is 39.0 Å². The predicted molar refractivity (Wildman–Crippen MR) is 74.6 cm³/mol. The van der Waals surface area contributed by atoms with Crippen LogP contribution in [-0.2, 0) is 4.74 Å². The molecular formula is C13H18F3N3O2. The van der Waals surface area contributed by atoms with Crippen molar-refractivity contribution < 1.29 is 22.6 Å². The zero-order chi connectivity index (χ0) is 15.7. The van der Waals surface area contributed by atoms with Gasteiger partial charge in [0.2, 0.25) is 0 Å². The van der Waals surface area contributed by atoms with Gasteiger partial charge in [0.25, 0.3) is 0 Å². The molecule has 1 rings (SSSR count). The lowest BCUT2D eigenvalue weighted by Gasteiger charge is -2.10. The fourth-order valence-electron chi connectivity index (χ4n) is 1.48. The molecule has 3 N–H and O–H groups in total. The number of nitrogens with zero attached hydrogens (tertiary/aromatic N) is 1. The van der Waals surface area contributed by atoms with E-state index >= 15 is 0 Å². The Morgan fingerprint density at radius 2 is 2.05 bits per heavy atom. The summed E-state index contributed by atoms with van der Waals surface area (Å²) in [7, 11) is 1.53. The van der Waals surface area contributed by atoms with Crippen LogP contribution in [0.15, 0.2) is 29.3 Å². The molecule has 0 fully saturated rings. The first-order chi connectivity index (χ1) is 9.92. The molecule has 118 valence electrons. The molecule has 0 spiro atoms. The largest absolute Gasteiger partial charge is 0.495 e. The number of halogens is 3. The van der Waals surface area contributed by atoms with Crippen molar-refractivity contribution >= 4 is 11.6 Å². The number of hydrogen-bond acceptors (Lipinski definition) is 3. The van der Waals surface area contributed by atoms with E-state index in [1.165, 1.54) is 7.11 Å². The Kier molecular flexibility index (Phi) is 6.80. The molecular weight excluding hydrogens is 287 g/mol. The summed E-state index contributed by atoms with van der Waals surface area (Å²) in [6.45, 7) is -0.998. The summed E-state index contributed by atoms with van der Waals surface area (Å²) in [5, 5.41) is 2.86. The van der Waals surface area contributed by atoms with Gasteiger partial charge >= 0.3 is 6.18 Å². The number of benzene rings is 1. The Morgan fingerprint density at radius 1 is 1.33 bits per heavy atom. The van der Waals surface area contributed by atoms with E-state index in [1.807, 2.05) is 12.1 Å². The topological polar surface area (TPSA) is 68.9 Å². The molecule has 0 aliphatic rings. The summed E-state index contributed by atoms with van der Waals surface area (Å²) in [5.41, 5.74) is 6.34. The van der Waals surface area contributed by atoms with Crippen LogP contribution < -0.4 is 15.8 Å². The summed E-state index contributed by atoms with van der Waals surface area (Å²) < 4.78 is 45.0. The number of rotatable bonds is 7. The van der Waals surface area contributed by atoms with Gasteiger partial charge < -0.3 is 20.5 Å². The molecule has 1 aromatic carbocycles. The molecule has 0 unspecified atom stereocenters. The van der Waals surface area contributed by atoms with Gasteiger partial charge in [-0.25, -0.2) is 0 Å². The van der Waals surface area contributed by atoms with Crippen molar-refractivity contribution in [3.05, 3.63) is 24.3 Å². The first-order valence-electron chi connectivity index (χ1n) is 6.27. The molecule has 1 aromatic rings. The quantitative estimate of drug-likeness (QED) is 0.461. The highest BCUT2D eigenvalue weighted by Gasteiger charge is 2.27. The molecule has 0 aliphatic heterocycles. The minimum absolute atomic E-state index is 0.0229. The Labute approximate surface area is 120 Å². The van der Waals surface area contributed by atoms with E-state index in [0.717, 1.165) is 0 Å². The predicted octanol–water partition coefficient (Wildman–Crippen LogP) is 2.39. The molecule has 0 aliphatic carbocycles. The lowest BCUT2D eigenvalue weighted by molar-refractivity contribution is -0.173.